The predicted molar refractivity (Wildman–Crippen MR) is 122 cm³/mol. The van der Waals surface area contributed by atoms with Gasteiger partial charge in [-0.15, -0.1) is 0 Å². The lowest BCUT2D eigenvalue weighted by Crippen LogP contribution is -2.35. The molecule has 2 aliphatic heterocycles. The van der Waals surface area contributed by atoms with Crippen molar-refractivity contribution < 1.29 is 26.3 Å². The van der Waals surface area contributed by atoms with E-state index in [4.69, 9.17) is 9.47 Å². The Bertz CT molecular complexity index is 1270. The summed E-state index contributed by atoms with van der Waals surface area (Å²) in [6, 6.07) is 11.5. The lowest BCUT2D eigenvalue weighted by molar-refractivity contribution is -0.0948. The zero-order valence-corrected chi connectivity index (χ0v) is 20.8. The van der Waals surface area contributed by atoms with Crippen LogP contribution in [-0.2, 0) is 44.2 Å². The summed E-state index contributed by atoms with van der Waals surface area (Å²) < 4.78 is 62.5. The van der Waals surface area contributed by atoms with E-state index < -0.39 is 34.8 Å². The van der Waals surface area contributed by atoms with Crippen molar-refractivity contribution in [3.05, 3.63) is 59.2 Å². The number of methoxy groups -OCH3 is 1. The van der Waals surface area contributed by atoms with Crippen LogP contribution in [0.2, 0.25) is 0 Å². The first-order chi connectivity index (χ1) is 14.8. The van der Waals surface area contributed by atoms with Gasteiger partial charge < -0.3 is 9.47 Å². The molecule has 0 aliphatic carbocycles. The second-order valence-electron chi connectivity index (χ2n) is 9.57. The highest BCUT2D eigenvalue weighted by Crippen LogP contribution is 2.53. The van der Waals surface area contributed by atoms with Crippen LogP contribution in [0.3, 0.4) is 0 Å². The van der Waals surface area contributed by atoms with E-state index >= 15 is 0 Å². The van der Waals surface area contributed by atoms with E-state index in [9.17, 15) is 16.8 Å². The SMILES string of the molecule is COC1(c2cccc(S(=O)(=O)c3ccc4c(c3)C(C)(C)S(=O)(=O)C4(C)C)c2)CCOCC1. The average Bonchev–Trinajstić information content (AvgIpc) is 2.88. The molecular weight excluding hydrogens is 448 g/mol. The van der Waals surface area contributed by atoms with Crippen LogP contribution in [0.4, 0.5) is 0 Å². The standard InChI is InChI=1S/C24H30O6S2/c1-22(2)20-10-9-19(16-21(20)23(3,4)32(22,27)28)31(25,26)18-8-6-7-17(15-18)24(29-5)11-13-30-14-12-24/h6-10,15-16H,11-14H2,1-5H3. The Balaban J connectivity index is 1.82. The molecule has 2 aliphatic rings. The minimum absolute atomic E-state index is 0.0906. The molecule has 1 saturated heterocycles. The fourth-order valence-corrected chi connectivity index (χ4v) is 8.57. The lowest BCUT2D eigenvalue weighted by atomic mass is 9.86. The van der Waals surface area contributed by atoms with Crippen LogP contribution in [0, 0.1) is 0 Å². The van der Waals surface area contributed by atoms with Crippen molar-refractivity contribution in [2.24, 2.45) is 0 Å². The summed E-state index contributed by atoms with van der Waals surface area (Å²) >= 11 is 0. The third-order valence-corrected chi connectivity index (χ3v) is 12.2. The highest BCUT2D eigenvalue weighted by molar-refractivity contribution is 7.93. The number of rotatable bonds is 4. The van der Waals surface area contributed by atoms with Gasteiger partial charge in [0.2, 0.25) is 9.84 Å². The molecule has 0 amide bonds. The van der Waals surface area contributed by atoms with Gasteiger partial charge in [0.1, 0.15) is 0 Å². The van der Waals surface area contributed by atoms with Crippen molar-refractivity contribution in [2.75, 3.05) is 20.3 Å². The monoisotopic (exact) mass is 478 g/mol. The van der Waals surface area contributed by atoms with Crippen molar-refractivity contribution in [3.63, 3.8) is 0 Å². The summed E-state index contributed by atoms with van der Waals surface area (Å²) in [5.41, 5.74) is 1.41. The minimum atomic E-state index is -3.86. The summed E-state index contributed by atoms with van der Waals surface area (Å²) in [5.74, 6) is 0. The fraction of sp³-hybridized carbons (Fsp3) is 0.500. The molecule has 0 bridgehead atoms. The third kappa shape index (κ3) is 3.10. The van der Waals surface area contributed by atoms with E-state index in [1.807, 2.05) is 6.07 Å². The molecule has 8 heteroatoms. The molecule has 0 radical (unpaired) electrons. The van der Waals surface area contributed by atoms with Gasteiger partial charge >= 0.3 is 0 Å². The van der Waals surface area contributed by atoms with Crippen molar-refractivity contribution in [2.45, 2.75) is 65.4 Å². The Hall–Kier alpha value is -1.74. The van der Waals surface area contributed by atoms with E-state index in [-0.39, 0.29) is 9.79 Å². The topological polar surface area (TPSA) is 86.7 Å². The number of sulfone groups is 2. The van der Waals surface area contributed by atoms with Gasteiger partial charge in [0, 0.05) is 33.2 Å². The molecule has 0 N–H and O–H groups in total. The smallest absolute Gasteiger partial charge is 0.206 e. The first-order valence-corrected chi connectivity index (χ1v) is 13.7. The maximum Gasteiger partial charge on any atom is 0.206 e. The molecule has 1 fully saturated rings. The molecule has 0 saturated carbocycles. The van der Waals surface area contributed by atoms with E-state index in [0.717, 1.165) is 5.56 Å². The number of ether oxygens (including phenoxy) is 2. The van der Waals surface area contributed by atoms with Crippen molar-refractivity contribution in [3.8, 4) is 0 Å². The van der Waals surface area contributed by atoms with Gasteiger partial charge in [-0.25, -0.2) is 16.8 Å². The molecule has 6 nitrogen and oxygen atoms in total. The normalized spacial score (nSPS) is 22.9. The number of fused-ring (bicyclic) bond motifs is 1. The maximum absolute atomic E-state index is 13.6. The molecule has 2 aromatic rings. The summed E-state index contributed by atoms with van der Waals surface area (Å²) in [4.78, 5) is 0.253. The Labute approximate surface area is 190 Å². The zero-order valence-electron chi connectivity index (χ0n) is 19.1. The predicted octanol–water partition coefficient (Wildman–Crippen LogP) is 4.07. The molecule has 32 heavy (non-hydrogen) atoms. The molecule has 0 spiro atoms. The second-order valence-corrected chi connectivity index (χ2v) is 14.6. The summed E-state index contributed by atoms with van der Waals surface area (Å²) in [5, 5.41) is 0. The number of benzene rings is 2. The summed E-state index contributed by atoms with van der Waals surface area (Å²) in [6.07, 6.45) is 1.29. The van der Waals surface area contributed by atoms with Crippen LogP contribution in [0.25, 0.3) is 0 Å². The van der Waals surface area contributed by atoms with Gasteiger partial charge in [-0.2, -0.15) is 0 Å². The highest BCUT2D eigenvalue weighted by Gasteiger charge is 2.56. The molecule has 4 rings (SSSR count). The first kappa shape index (κ1) is 23.4. The van der Waals surface area contributed by atoms with Crippen LogP contribution in [-0.4, -0.2) is 37.2 Å². The van der Waals surface area contributed by atoms with Crippen LogP contribution < -0.4 is 0 Å². The molecule has 174 valence electrons. The maximum atomic E-state index is 13.6. The Morgan fingerprint density at radius 3 is 2.09 bits per heavy atom. The molecule has 0 aromatic heterocycles. The van der Waals surface area contributed by atoms with Crippen molar-refractivity contribution >= 4 is 19.7 Å². The Morgan fingerprint density at radius 1 is 0.875 bits per heavy atom. The van der Waals surface area contributed by atoms with Crippen LogP contribution in [0.15, 0.2) is 52.3 Å². The van der Waals surface area contributed by atoms with E-state index in [0.29, 0.717) is 37.2 Å². The highest BCUT2D eigenvalue weighted by atomic mass is 32.2. The van der Waals surface area contributed by atoms with E-state index in [1.54, 1.807) is 59.1 Å². The summed E-state index contributed by atoms with van der Waals surface area (Å²) in [6.45, 7) is 7.72. The van der Waals surface area contributed by atoms with Crippen LogP contribution in [0.5, 0.6) is 0 Å². The van der Waals surface area contributed by atoms with Gasteiger partial charge in [0.25, 0.3) is 0 Å². The molecule has 0 unspecified atom stereocenters. The van der Waals surface area contributed by atoms with E-state index in [2.05, 4.69) is 0 Å². The lowest BCUT2D eigenvalue weighted by Gasteiger charge is -2.36. The van der Waals surface area contributed by atoms with Gasteiger partial charge in [-0.1, -0.05) is 18.2 Å². The van der Waals surface area contributed by atoms with Crippen LogP contribution >= 0.6 is 0 Å². The van der Waals surface area contributed by atoms with Crippen molar-refractivity contribution in [1.29, 1.82) is 0 Å². The fourth-order valence-electron chi connectivity index (χ4n) is 5.04. The van der Waals surface area contributed by atoms with E-state index in [1.165, 1.54) is 12.1 Å². The van der Waals surface area contributed by atoms with Gasteiger partial charge in [0.15, 0.2) is 9.84 Å². The molecule has 0 atom stereocenters. The second kappa shape index (κ2) is 7.38. The van der Waals surface area contributed by atoms with Gasteiger partial charge in [-0.05, 0) is 68.7 Å². The Morgan fingerprint density at radius 2 is 1.47 bits per heavy atom. The average molecular weight is 479 g/mol. The molecule has 2 aromatic carbocycles. The quantitative estimate of drug-likeness (QED) is 0.658. The largest absolute Gasteiger partial charge is 0.381 e. The first-order valence-electron chi connectivity index (χ1n) is 10.7. The third-order valence-electron chi connectivity index (χ3n) is 7.30. The zero-order chi connectivity index (χ0) is 23.6. The summed E-state index contributed by atoms with van der Waals surface area (Å²) in [7, 11) is -5.77. The molecular formula is C24H30O6S2. The molecule has 2 heterocycles. The number of hydrogen-bond donors (Lipinski definition) is 0. The van der Waals surface area contributed by atoms with Crippen molar-refractivity contribution in [1.82, 2.24) is 0 Å². The van der Waals surface area contributed by atoms with Gasteiger partial charge in [-0.3, -0.25) is 0 Å². The Kier molecular flexibility index (Phi) is 5.40. The minimum Gasteiger partial charge on any atom is -0.381 e. The van der Waals surface area contributed by atoms with Crippen LogP contribution in [0.1, 0.15) is 57.2 Å². The number of hydrogen-bond acceptors (Lipinski definition) is 6. The van der Waals surface area contributed by atoms with Gasteiger partial charge in [0.05, 0.1) is 24.9 Å².